The number of allylic oxidation sites excluding steroid dienone is 2. The van der Waals surface area contributed by atoms with Crippen LogP contribution in [-0.4, -0.2) is 95.4 Å². The van der Waals surface area contributed by atoms with E-state index < -0.39 is 59.9 Å². The van der Waals surface area contributed by atoms with E-state index in [0.29, 0.717) is 12.8 Å². The highest BCUT2D eigenvalue weighted by Crippen LogP contribution is 2.26. The Kier molecular flexibility index (Phi) is 34.5. The fourth-order valence-corrected chi connectivity index (χ4v) is 8.14. The standard InChI is InChI=1S/C45H87NO11S/c1-3-5-7-9-11-13-15-17-19-21-23-25-27-29-31-33-35-41(49)46-38(37-55-45-43(51)44(57-58(52,53)54)42(50)40(36-47)56-45)39(48)34-32-30-28-26-24-22-20-18-16-14-12-10-8-6-4-2/h19,21,38-40,42-45,47-48,50-51H,3-18,20,22-37H2,1-2H3,(H,46,49)(H,52,53,54)/b21-19-. The highest BCUT2D eigenvalue weighted by atomic mass is 32.3. The molecule has 58 heavy (non-hydrogen) atoms. The first-order valence-corrected chi connectivity index (χ1v) is 24.9. The van der Waals surface area contributed by atoms with Gasteiger partial charge in [0, 0.05) is 6.42 Å². The number of rotatable bonds is 40. The van der Waals surface area contributed by atoms with Crippen LogP contribution in [0.2, 0.25) is 0 Å². The van der Waals surface area contributed by atoms with Crippen molar-refractivity contribution in [1.82, 2.24) is 5.32 Å². The molecule has 6 N–H and O–H groups in total. The zero-order valence-electron chi connectivity index (χ0n) is 36.6. The van der Waals surface area contributed by atoms with Gasteiger partial charge in [-0.3, -0.25) is 9.35 Å². The summed E-state index contributed by atoms with van der Waals surface area (Å²) in [6.07, 6.45) is 30.6. The molecule has 1 aliphatic heterocycles. The van der Waals surface area contributed by atoms with Crippen LogP contribution < -0.4 is 5.32 Å². The molecule has 7 unspecified atom stereocenters. The summed E-state index contributed by atoms with van der Waals surface area (Å²) in [5.41, 5.74) is 0. The van der Waals surface area contributed by atoms with Crippen molar-refractivity contribution in [3.05, 3.63) is 12.2 Å². The Morgan fingerprint density at radius 3 is 1.55 bits per heavy atom. The molecule has 0 saturated carbocycles. The quantitative estimate of drug-likeness (QED) is 0.0196. The van der Waals surface area contributed by atoms with Gasteiger partial charge in [-0.05, 0) is 38.5 Å². The van der Waals surface area contributed by atoms with Crippen LogP contribution in [0.1, 0.15) is 213 Å². The van der Waals surface area contributed by atoms with Gasteiger partial charge in [-0.2, -0.15) is 8.42 Å². The average molecular weight is 850 g/mol. The molecule has 1 saturated heterocycles. The Labute approximate surface area is 353 Å². The number of aliphatic hydroxyl groups is 4. The predicted octanol–water partition coefficient (Wildman–Crippen LogP) is 9.16. The van der Waals surface area contributed by atoms with Crippen molar-refractivity contribution in [3.8, 4) is 0 Å². The van der Waals surface area contributed by atoms with Crippen molar-refractivity contribution in [2.45, 2.75) is 256 Å². The normalized spacial score (nSPS) is 21.1. The summed E-state index contributed by atoms with van der Waals surface area (Å²) in [6.45, 7) is 3.44. The van der Waals surface area contributed by atoms with Crippen molar-refractivity contribution in [2.24, 2.45) is 0 Å². The van der Waals surface area contributed by atoms with E-state index in [9.17, 15) is 38.2 Å². The van der Waals surface area contributed by atoms with E-state index in [-0.39, 0.29) is 18.9 Å². The Bertz CT molecular complexity index is 1090. The van der Waals surface area contributed by atoms with E-state index in [1.54, 1.807) is 0 Å². The van der Waals surface area contributed by atoms with Crippen molar-refractivity contribution in [3.63, 3.8) is 0 Å². The lowest BCUT2D eigenvalue weighted by atomic mass is 9.99. The maximum Gasteiger partial charge on any atom is 0.397 e. The smallest absolute Gasteiger partial charge is 0.394 e. The number of hydrogen-bond donors (Lipinski definition) is 6. The maximum absolute atomic E-state index is 13.0. The minimum absolute atomic E-state index is 0.237. The van der Waals surface area contributed by atoms with E-state index in [1.165, 1.54) is 116 Å². The molecular formula is C45H87NO11S. The number of hydrogen-bond acceptors (Lipinski definition) is 10. The van der Waals surface area contributed by atoms with Gasteiger partial charge in [0.2, 0.25) is 5.91 Å². The highest BCUT2D eigenvalue weighted by Gasteiger charge is 2.48. The second-order valence-electron chi connectivity index (χ2n) is 16.7. The molecule has 1 rings (SSSR count). The van der Waals surface area contributed by atoms with Gasteiger partial charge < -0.3 is 35.2 Å². The molecular weight excluding hydrogens is 763 g/mol. The van der Waals surface area contributed by atoms with E-state index >= 15 is 0 Å². The van der Waals surface area contributed by atoms with Crippen molar-refractivity contribution in [2.75, 3.05) is 13.2 Å². The molecule has 0 radical (unpaired) electrons. The maximum atomic E-state index is 13.0. The second kappa shape index (κ2) is 36.5. The molecule has 1 fully saturated rings. The Balaban J connectivity index is 2.50. The summed E-state index contributed by atoms with van der Waals surface area (Å²) in [5.74, 6) is -0.237. The van der Waals surface area contributed by atoms with Gasteiger partial charge in [-0.1, -0.05) is 180 Å². The highest BCUT2D eigenvalue weighted by molar-refractivity contribution is 7.80. The van der Waals surface area contributed by atoms with E-state index in [4.69, 9.17) is 9.47 Å². The average Bonchev–Trinajstić information content (AvgIpc) is 3.19. The zero-order valence-corrected chi connectivity index (χ0v) is 37.4. The van der Waals surface area contributed by atoms with E-state index in [2.05, 4.69) is 35.5 Å². The summed E-state index contributed by atoms with van der Waals surface area (Å²) >= 11 is 0. The first-order valence-electron chi connectivity index (χ1n) is 23.6. The first-order chi connectivity index (χ1) is 28.0. The van der Waals surface area contributed by atoms with Gasteiger partial charge in [0.25, 0.3) is 0 Å². The molecule has 1 heterocycles. The molecule has 1 aliphatic rings. The Hall–Kier alpha value is -1.16. The molecule has 0 spiro atoms. The Morgan fingerprint density at radius 2 is 1.10 bits per heavy atom. The van der Waals surface area contributed by atoms with Gasteiger partial charge in [-0.25, -0.2) is 4.18 Å². The third-order valence-electron chi connectivity index (χ3n) is 11.3. The second-order valence-corrected chi connectivity index (χ2v) is 17.7. The van der Waals surface area contributed by atoms with Crippen molar-refractivity contribution < 1.29 is 51.8 Å². The summed E-state index contributed by atoms with van der Waals surface area (Å²) in [7, 11) is -5.07. The zero-order chi connectivity index (χ0) is 42.7. The van der Waals surface area contributed by atoms with E-state index in [0.717, 1.165) is 64.2 Å². The largest absolute Gasteiger partial charge is 0.397 e. The van der Waals surface area contributed by atoms with Crippen LogP contribution in [0.4, 0.5) is 0 Å². The third-order valence-corrected chi connectivity index (χ3v) is 11.8. The molecule has 0 aromatic carbocycles. The number of carbonyl (C=O) groups is 1. The molecule has 0 aromatic heterocycles. The number of nitrogens with one attached hydrogen (secondary N) is 1. The SMILES string of the molecule is CCCCCCCCC/C=C\CCCCCCCC(=O)NC(COC1OC(CO)C(O)C(OS(=O)(=O)O)C1O)C(O)CCCCCCCCCCCCCCCCC. The monoisotopic (exact) mass is 850 g/mol. The van der Waals surface area contributed by atoms with Crippen molar-refractivity contribution >= 4 is 16.3 Å². The summed E-state index contributed by atoms with van der Waals surface area (Å²) in [6, 6.07) is -0.858. The summed E-state index contributed by atoms with van der Waals surface area (Å²) in [4.78, 5) is 13.0. The molecule has 1 amide bonds. The van der Waals surface area contributed by atoms with Gasteiger partial charge in [0.05, 0.1) is 25.4 Å². The lowest BCUT2D eigenvalue weighted by Crippen LogP contribution is -2.61. The molecule has 344 valence electrons. The molecule has 0 aromatic rings. The summed E-state index contributed by atoms with van der Waals surface area (Å²) in [5, 5.41) is 44.8. The van der Waals surface area contributed by atoms with Crippen LogP contribution in [0.25, 0.3) is 0 Å². The number of unbranched alkanes of at least 4 members (excludes halogenated alkanes) is 26. The summed E-state index contributed by atoms with van der Waals surface area (Å²) < 4.78 is 47.6. The number of aliphatic hydroxyl groups excluding tert-OH is 4. The third kappa shape index (κ3) is 29.2. The predicted molar refractivity (Wildman–Crippen MR) is 232 cm³/mol. The fraction of sp³-hybridized carbons (Fsp3) is 0.933. The number of carbonyl (C=O) groups excluding carboxylic acids is 1. The fourth-order valence-electron chi connectivity index (χ4n) is 7.63. The minimum atomic E-state index is -5.07. The molecule has 12 nitrogen and oxygen atoms in total. The van der Waals surface area contributed by atoms with Crippen LogP contribution in [0.3, 0.4) is 0 Å². The van der Waals surface area contributed by atoms with Crippen LogP contribution in [0.15, 0.2) is 12.2 Å². The van der Waals surface area contributed by atoms with Gasteiger partial charge in [0.1, 0.15) is 24.4 Å². The first kappa shape index (κ1) is 54.9. The topological polar surface area (TPSA) is 192 Å². The van der Waals surface area contributed by atoms with Gasteiger partial charge >= 0.3 is 10.4 Å². The molecule has 0 aliphatic carbocycles. The van der Waals surface area contributed by atoms with Crippen LogP contribution >= 0.6 is 0 Å². The minimum Gasteiger partial charge on any atom is -0.394 e. The van der Waals surface area contributed by atoms with Crippen molar-refractivity contribution in [1.29, 1.82) is 0 Å². The van der Waals surface area contributed by atoms with Crippen LogP contribution in [-0.2, 0) is 28.9 Å². The molecule has 0 bridgehead atoms. The van der Waals surface area contributed by atoms with E-state index in [1.807, 2.05) is 0 Å². The van der Waals surface area contributed by atoms with Crippen LogP contribution in [0.5, 0.6) is 0 Å². The van der Waals surface area contributed by atoms with Crippen LogP contribution in [0, 0.1) is 0 Å². The molecule has 13 heteroatoms. The number of amides is 1. The lowest BCUT2D eigenvalue weighted by molar-refractivity contribution is -0.298. The van der Waals surface area contributed by atoms with Gasteiger partial charge in [-0.15, -0.1) is 0 Å². The molecule has 7 atom stereocenters. The lowest BCUT2D eigenvalue weighted by Gasteiger charge is -2.41. The number of ether oxygens (including phenoxy) is 2. The van der Waals surface area contributed by atoms with Gasteiger partial charge in [0.15, 0.2) is 6.29 Å². The Morgan fingerprint density at radius 1 is 0.672 bits per heavy atom.